The number of ether oxygens (including phenoxy) is 2. The van der Waals surface area contributed by atoms with Crippen LogP contribution in [0.5, 0.6) is 0 Å². The lowest BCUT2D eigenvalue weighted by atomic mass is 10.2. The van der Waals surface area contributed by atoms with E-state index in [9.17, 15) is 9.59 Å². The molecule has 0 N–H and O–H groups in total. The van der Waals surface area contributed by atoms with Crippen LogP contribution in [0.1, 0.15) is 41.0 Å². The number of esters is 2. The number of rotatable bonds is 10. The van der Waals surface area contributed by atoms with E-state index < -0.39 is 26.4 Å². The van der Waals surface area contributed by atoms with E-state index in [1.165, 1.54) is 0 Å². The molecule has 0 fully saturated rings. The molecule has 0 radical (unpaired) electrons. The number of carbonyl (C=O) groups excluding carboxylic acids is 2. The summed E-state index contributed by atoms with van der Waals surface area (Å²) in [5, 5.41) is 0. The van der Waals surface area contributed by atoms with Gasteiger partial charge in [-0.15, -0.1) is 0 Å². The molecular formula is C14H28O5Si. The van der Waals surface area contributed by atoms with Crippen LogP contribution in [0.3, 0.4) is 0 Å². The Morgan fingerprint density at radius 1 is 0.900 bits per heavy atom. The highest BCUT2D eigenvalue weighted by Crippen LogP contribution is 2.25. The Morgan fingerprint density at radius 2 is 1.40 bits per heavy atom. The van der Waals surface area contributed by atoms with E-state index in [1.807, 2.05) is 0 Å². The summed E-state index contributed by atoms with van der Waals surface area (Å²) in [6, 6.07) is 2.75. The highest BCUT2D eigenvalue weighted by Gasteiger charge is 2.36. The van der Waals surface area contributed by atoms with Crippen molar-refractivity contribution in [3.05, 3.63) is 0 Å². The Kier molecular flexibility index (Phi) is 9.49. The third kappa shape index (κ3) is 6.05. The van der Waals surface area contributed by atoms with Crippen LogP contribution >= 0.6 is 0 Å². The van der Waals surface area contributed by atoms with Gasteiger partial charge in [0.25, 0.3) is 0 Å². The van der Waals surface area contributed by atoms with E-state index in [4.69, 9.17) is 13.9 Å². The third-order valence-corrected chi connectivity index (χ3v) is 8.18. The summed E-state index contributed by atoms with van der Waals surface area (Å²) < 4.78 is 16.0. The first-order chi connectivity index (χ1) is 9.48. The monoisotopic (exact) mass is 304 g/mol. The summed E-state index contributed by atoms with van der Waals surface area (Å²) in [5.41, 5.74) is 0. The smallest absolute Gasteiger partial charge is 0.334 e. The second kappa shape index (κ2) is 9.93. The highest BCUT2D eigenvalue weighted by atomic mass is 28.4. The van der Waals surface area contributed by atoms with Crippen LogP contribution < -0.4 is 0 Å². The third-order valence-electron chi connectivity index (χ3n) is 3.53. The van der Waals surface area contributed by atoms with Crippen molar-refractivity contribution in [3.8, 4) is 0 Å². The zero-order chi connectivity index (χ0) is 15.6. The van der Waals surface area contributed by atoms with Crippen LogP contribution in [0.4, 0.5) is 0 Å². The lowest BCUT2D eigenvalue weighted by Crippen LogP contribution is -2.44. The molecular weight excluding hydrogens is 276 g/mol. The molecule has 5 nitrogen and oxygen atoms in total. The first kappa shape index (κ1) is 19.1. The maximum atomic E-state index is 12.0. The second-order valence-electron chi connectivity index (χ2n) is 4.61. The van der Waals surface area contributed by atoms with Gasteiger partial charge in [-0.1, -0.05) is 20.8 Å². The molecule has 0 aromatic rings. The van der Waals surface area contributed by atoms with Crippen LogP contribution in [0.2, 0.25) is 18.1 Å². The van der Waals surface area contributed by atoms with E-state index in [1.54, 1.807) is 13.8 Å². The van der Waals surface area contributed by atoms with Crippen molar-refractivity contribution in [2.75, 3.05) is 13.2 Å². The zero-order valence-corrected chi connectivity index (χ0v) is 14.4. The van der Waals surface area contributed by atoms with Gasteiger partial charge in [-0.2, -0.15) is 0 Å². The van der Waals surface area contributed by atoms with Crippen molar-refractivity contribution in [3.63, 3.8) is 0 Å². The van der Waals surface area contributed by atoms with Crippen LogP contribution in [0, 0.1) is 0 Å². The second-order valence-corrected chi connectivity index (χ2v) is 9.33. The average Bonchev–Trinajstić information content (AvgIpc) is 2.44. The molecule has 0 saturated heterocycles. The van der Waals surface area contributed by atoms with Gasteiger partial charge in [0.15, 0.2) is 14.4 Å². The Hall–Kier alpha value is -0.883. The normalized spacial score (nSPS) is 12.8. The molecule has 6 heteroatoms. The molecule has 0 aromatic carbocycles. The minimum Gasteiger partial charge on any atom is -0.466 e. The van der Waals surface area contributed by atoms with Crippen molar-refractivity contribution in [2.24, 2.45) is 0 Å². The molecule has 118 valence electrons. The van der Waals surface area contributed by atoms with Crippen LogP contribution in [0.15, 0.2) is 0 Å². The quantitative estimate of drug-likeness (QED) is 0.459. The van der Waals surface area contributed by atoms with E-state index in [0.717, 1.165) is 18.1 Å². The predicted molar refractivity (Wildman–Crippen MR) is 80.0 cm³/mol. The first-order valence-electron chi connectivity index (χ1n) is 7.48. The van der Waals surface area contributed by atoms with Crippen molar-refractivity contribution < 1.29 is 23.5 Å². The van der Waals surface area contributed by atoms with Gasteiger partial charge < -0.3 is 13.9 Å². The molecule has 0 aliphatic rings. The number of hydrogen-bond donors (Lipinski definition) is 0. The summed E-state index contributed by atoms with van der Waals surface area (Å²) in [5.74, 6) is -0.885. The highest BCUT2D eigenvalue weighted by molar-refractivity contribution is 6.73. The van der Waals surface area contributed by atoms with Gasteiger partial charge in [-0.3, -0.25) is 4.79 Å². The van der Waals surface area contributed by atoms with Crippen LogP contribution in [0.25, 0.3) is 0 Å². The molecule has 0 saturated carbocycles. The Balaban J connectivity index is 4.92. The molecule has 0 rings (SSSR count). The van der Waals surface area contributed by atoms with Gasteiger partial charge in [-0.05, 0) is 32.0 Å². The predicted octanol–water partition coefficient (Wildman–Crippen LogP) is 2.89. The van der Waals surface area contributed by atoms with Gasteiger partial charge in [0.1, 0.15) is 0 Å². The molecule has 0 heterocycles. The fourth-order valence-electron chi connectivity index (χ4n) is 2.08. The fraction of sp³-hybridized carbons (Fsp3) is 0.857. The summed E-state index contributed by atoms with van der Waals surface area (Å²) >= 11 is 0. The van der Waals surface area contributed by atoms with Gasteiger partial charge in [0.2, 0.25) is 0 Å². The molecule has 0 aliphatic carbocycles. The molecule has 0 spiro atoms. The fourth-order valence-corrected chi connectivity index (χ4v) is 4.86. The topological polar surface area (TPSA) is 61.8 Å². The lowest BCUT2D eigenvalue weighted by Gasteiger charge is -2.31. The Morgan fingerprint density at radius 3 is 1.80 bits per heavy atom. The SMILES string of the molecule is CCOC(=O)CC(O[Si](CC)(CC)CC)C(=O)OCC. The van der Waals surface area contributed by atoms with E-state index in [-0.39, 0.29) is 13.0 Å². The van der Waals surface area contributed by atoms with Gasteiger partial charge in [0.05, 0.1) is 19.6 Å². The maximum absolute atomic E-state index is 12.0. The number of hydrogen-bond acceptors (Lipinski definition) is 5. The maximum Gasteiger partial charge on any atom is 0.334 e. The molecule has 1 atom stereocenters. The summed E-state index contributed by atoms with van der Waals surface area (Å²) in [4.78, 5) is 23.6. The minimum absolute atomic E-state index is 0.0680. The molecule has 0 aliphatic heterocycles. The average molecular weight is 304 g/mol. The molecule has 0 aromatic heterocycles. The van der Waals surface area contributed by atoms with Crippen molar-refractivity contribution in [1.82, 2.24) is 0 Å². The van der Waals surface area contributed by atoms with E-state index in [0.29, 0.717) is 6.61 Å². The van der Waals surface area contributed by atoms with E-state index >= 15 is 0 Å². The Bertz CT molecular complexity index is 294. The summed E-state index contributed by atoms with van der Waals surface area (Å²) in [6.45, 7) is 10.3. The molecule has 1 unspecified atom stereocenters. The van der Waals surface area contributed by atoms with Crippen molar-refractivity contribution in [1.29, 1.82) is 0 Å². The molecule has 20 heavy (non-hydrogen) atoms. The Labute approximate surface area is 123 Å². The van der Waals surface area contributed by atoms with Gasteiger partial charge in [0, 0.05) is 0 Å². The molecule has 0 bridgehead atoms. The van der Waals surface area contributed by atoms with Gasteiger partial charge in [-0.25, -0.2) is 4.79 Å². The summed E-state index contributed by atoms with van der Waals surface area (Å²) in [6.07, 6.45) is -0.901. The summed E-state index contributed by atoms with van der Waals surface area (Å²) in [7, 11) is -1.97. The van der Waals surface area contributed by atoms with E-state index in [2.05, 4.69) is 20.8 Å². The minimum atomic E-state index is -1.97. The number of carbonyl (C=O) groups is 2. The molecule has 0 amide bonds. The van der Waals surface area contributed by atoms with Crippen LogP contribution in [-0.2, 0) is 23.5 Å². The van der Waals surface area contributed by atoms with Crippen LogP contribution in [-0.4, -0.2) is 39.6 Å². The van der Waals surface area contributed by atoms with Gasteiger partial charge >= 0.3 is 11.9 Å². The first-order valence-corrected chi connectivity index (χ1v) is 10.0. The standard InChI is InChI=1S/C14H28O5Si/c1-6-17-13(15)11-12(14(16)18-7-2)19-20(8-3,9-4)10-5/h12H,6-11H2,1-5H3. The lowest BCUT2D eigenvalue weighted by molar-refractivity contribution is -0.158. The largest absolute Gasteiger partial charge is 0.466 e. The van der Waals surface area contributed by atoms with Crippen molar-refractivity contribution >= 4 is 20.3 Å². The zero-order valence-electron chi connectivity index (χ0n) is 13.4. The van der Waals surface area contributed by atoms with Crippen molar-refractivity contribution in [2.45, 2.75) is 65.3 Å².